The molecule has 2 aromatic carbocycles. The zero-order valence-corrected chi connectivity index (χ0v) is 14.4. The Hall–Kier alpha value is -1.61. The molecule has 0 saturated heterocycles. The lowest BCUT2D eigenvalue weighted by molar-refractivity contribution is 0.312. The number of rotatable bonds is 6. The zero-order chi connectivity index (χ0) is 16.1. The van der Waals surface area contributed by atoms with Gasteiger partial charge in [0, 0.05) is 11.7 Å². The fourth-order valence-electron chi connectivity index (χ4n) is 2.35. The molecule has 1 N–H and O–H groups in total. The predicted molar refractivity (Wildman–Crippen MR) is 95.4 cm³/mol. The molecule has 0 amide bonds. The van der Waals surface area contributed by atoms with Gasteiger partial charge in [-0.3, -0.25) is 0 Å². The molecule has 0 aromatic heterocycles. The molecule has 1 unspecified atom stereocenters. The Bertz CT molecular complexity index is 637. The quantitative estimate of drug-likeness (QED) is 0.757. The van der Waals surface area contributed by atoms with Gasteiger partial charge in [-0.2, -0.15) is 12.6 Å². The molecule has 0 bridgehead atoms. The summed E-state index contributed by atoms with van der Waals surface area (Å²) in [5.74, 6) is 1.21. The Balaban J connectivity index is 2.25. The highest BCUT2D eigenvalue weighted by Crippen LogP contribution is 2.28. The van der Waals surface area contributed by atoms with E-state index in [0.717, 1.165) is 28.9 Å². The van der Waals surface area contributed by atoms with E-state index in [1.807, 2.05) is 25.1 Å². The van der Waals surface area contributed by atoms with Gasteiger partial charge in [-0.15, -0.1) is 0 Å². The number of hydrogen-bond donors (Lipinski definition) is 2. The van der Waals surface area contributed by atoms with Gasteiger partial charge in [-0.05, 0) is 43.5 Å². The first-order valence-corrected chi connectivity index (χ1v) is 8.20. The molecule has 2 aromatic rings. The summed E-state index contributed by atoms with van der Waals surface area (Å²) in [7, 11) is 0. The Labute approximate surface area is 138 Å². The lowest BCUT2D eigenvalue weighted by Gasteiger charge is -2.15. The van der Waals surface area contributed by atoms with Crippen molar-refractivity contribution in [3.8, 4) is 11.5 Å². The van der Waals surface area contributed by atoms with Crippen molar-refractivity contribution in [2.45, 2.75) is 38.9 Å². The Morgan fingerprint density at radius 3 is 2.36 bits per heavy atom. The van der Waals surface area contributed by atoms with Crippen molar-refractivity contribution in [2.24, 2.45) is 0 Å². The molecule has 0 heterocycles. The van der Waals surface area contributed by atoms with Gasteiger partial charge in [-0.25, -0.2) is 0 Å². The van der Waals surface area contributed by atoms with Gasteiger partial charge >= 0.3 is 0 Å². The van der Waals surface area contributed by atoms with Crippen LogP contribution in [-0.4, -0.2) is 17.0 Å². The van der Waals surface area contributed by atoms with Crippen LogP contribution in [0.4, 0.5) is 0 Å². The molecule has 3 heteroatoms. The summed E-state index contributed by atoms with van der Waals surface area (Å²) in [6.07, 6.45) is 1.64. The highest BCUT2D eigenvalue weighted by molar-refractivity contribution is 7.81. The summed E-state index contributed by atoms with van der Waals surface area (Å²) in [6.45, 7) is 6.79. The second-order valence-electron chi connectivity index (χ2n) is 5.79. The standard InChI is InChI=1S/C19H24O2S/c1-4-17(22)12-21-19-8-6-14(3)10-16(19)11-15-9-13(2)5-7-18(15)20/h5-10,17,20,22H,4,11-12H2,1-3H3. The first kappa shape index (κ1) is 16.8. The molecule has 0 aliphatic carbocycles. The average molecular weight is 316 g/mol. The molecule has 0 aliphatic rings. The molecule has 22 heavy (non-hydrogen) atoms. The molecule has 0 spiro atoms. The first-order valence-electron chi connectivity index (χ1n) is 7.68. The van der Waals surface area contributed by atoms with Gasteiger partial charge in [0.1, 0.15) is 11.5 Å². The largest absolute Gasteiger partial charge is 0.508 e. The van der Waals surface area contributed by atoms with Gasteiger partial charge in [0.2, 0.25) is 0 Å². The Kier molecular flexibility index (Phi) is 5.78. The van der Waals surface area contributed by atoms with E-state index < -0.39 is 0 Å². The van der Waals surface area contributed by atoms with Crippen LogP contribution in [0.1, 0.15) is 35.6 Å². The van der Waals surface area contributed by atoms with E-state index in [9.17, 15) is 5.11 Å². The molecule has 2 rings (SSSR count). The van der Waals surface area contributed by atoms with E-state index >= 15 is 0 Å². The highest BCUT2D eigenvalue weighted by atomic mass is 32.1. The fourth-order valence-corrected chi connectivity index (χ4v) is 2.43. The van der Waals surface area contributed by atoms with Gasteiger partial charge in [0.05, 0.1) is 6.61 Å². The third-order valence-electron chi connectivity index (χ3n) is 3.73. The maximum Gasteiger partial charge on any atom is 0.122 e. The predicted octanol–water partition coefficient (Wildman–Crippen LogP) is 4.69. The van der Waals surface area contributed by atoms with Crippen molar-refractivity contribution in [3.05, 3.63) is 58.7 Å². The van der Waals surface area contributed by atoms with Crippen LogP contribution in [0.15, 0.2) is 36.4 Å². The summed E-state index contributed by atoms with van der Waals surface area (Å²) >= 11 is 4.48. The SMILES string of the molecule is CCC(S)COc1ccc(C)cc1Cc1cc(C)ccc1O. The Morgan fingerprint density at radius 2 is 1.68 bits per heavy atom. The topological polar surface area (TPSA) is 29.5 Å². The van der Waals surface area contributed by atoms with E-state index in [0.29, 0.717) is 18.8 Å². The number of benzene rings is 2. The minimum atomic E-state index is 0.238. The molecule has 0 fully saturated rings. The monoisotopic (exact) mass is 316 g/mol. The lowest BCUT2D eigenvalue weighted by atomic mass is 10.00. The molecule has 1 atom stereocenters. The van der Waals surface area contributed by atoms with Crippen molar-refractivity contribution in [1.29, 1.82) is 0 Å². The third-order valence-corrected chi connectivity index (χ3v) is 4.25. The Morgan fingerprint density at radius 1 is 1.05 bits per heavy atom. The second kappa shape index (κ2) is 7.59. The molecule has 0 saturated carbocycles. The van der Waals surface area contributed by atoms with E-state index in [-0.39, 0.29) is 5.25 Å². The summed E-state index contributed by atoms with van der Waals surface area (Å²) in [4.78, 5) is 0. The first-order chi connectivity index (χ1) is 10.5. The van der Waals surface area contributed by atoms with Crippen LogP contribution in [0.2, 0.25) is 0 Å². The van der Waals surface area contributed by atoms with Gasteiger partial charge in [-0.1, -0.05) is 42.3 Å². The molecule has 0 aliphatic heterocycles. The summed E-state index contributed by atoms with van der Waals surface area (Å²) < 4.78 is 5.93. The van der Waals surface area contributed by atoms with Crippen molar-refractivity contribution >= 4 is 12.6 Å². The summed E-state index contributed by atoms with van der Waals surface area (Å²) in [5, 5.41) is 10.3. The number of ether oxygens (including phenoxy) is 1. The maximum atomic E-state index is 10.1. The van der Waals surface area contributed by atoms with E-state index in [1.165, 1.54) is 5.56 Å². The van der Waals surface area contributed by atoms with Crippen LogP contribution < -0.4 is 4.74 Å². The van der Waals surface area contributed by atoms with Crippen molar-refractivity contribution in [2.75, 3.05) is 6.61 Å². The highest BCUT2D eigenvalue weighted by Gasteiger charge is 2.10. The smallest absolute Gasteiger partial charge is 0.122 e. The van der Waals surface area contributed by atoms with Gasteiger partial charge in [0.15, 0.2) is 0 Å². The van der Waals surface area contributed by atoms with Crippen LogP contribution in [0.5, 0.6) is 11.5 Å². The molecule has 118 valence electrons. The van der Waals surface area contributed by atoms with E-state index in [1.54, 1.807) is 6.07 Å². The normalized spacial score (nSPS) is 12.2. The van der Waals surface area contributed by atoms with E-state index in [2.05, 4.69) is 38.6 Å². The van der Waals surface area contributed by atoms with Gasteiger partial charge < -0.3 is 9.84 Å². The fraction of sp³-hybridized carbons (Fsp3) is 0.368. The summed E-state index contributed by atoms with van der Waals surface area (Å²) in [5.41, 5.74) is 4.35. The molecule has 2 nitrogen and oxygen atoms in total. The maximum absolute atomic E-state index is 10.1. The number of hydrogen-bond acceptors (Lipinski definition) is 3. The van der Waals surface area contributed by atoms with Crippen molar-refractivity contribution in [3.63, 3.8) is 0 Å². The number of phenolic OH excluding ortho intramolecular Hbond substituents is 1. The van der Waals surface area contributed by atoms with Gasteiger partial charge in [0.25, 0.3) is 0 Å². The summed E-state index contributed by atoms with van der Waals surface area (Å²) in [6, 6.07) is 11.9. The number of thiol groups is 1. The minimum Gasteiger partial charge on any atom is -0.508 e. The van der Waals surface area contributed by atoms with Crippen molar-refractivity contribution < 1.29 is 9.84 Å². The zero-order valence-electron chi connectivity index (χ0n) is 13.5. The lowest BCUT2D eigenvalue weighted by Crippen LogP contribution is -2.11. The van der Waals surface area contributed by atoms with Crippen LogP contribution in [-0.2, 0) is 6.42 Å². The van der Waals surface area contributed by atoms with Crippen LogP contribution in [0.25, 0.3) is 0 Å². The molecule has 0 radical (unpaired) electrons. The number of aryl methyl sites for hydroxylation is 2. The number of aromatic hydroxyl groups is 1. The van der Waals surface area contributed by atoms with E-state index in [4.69, 9.17) is 4.74 Å². The molecular formula is C19H24O2S. The number of phenols is 1. The minimum absolute atomic E-state index is 0.238. The molecular weight excluding hydrogens is 292 g/mol. The van der Waals surface area contributed by atoms with Crippen LogP contribution in [0.3, 0.4) is 0 Å². The second-order valence-corrected chi connectivity index (χ2v) is 6.52. The average Bonchev–Trinajstić information content (AvgIpc) is 2.49. The third kappa shape index (κ3) is 4.44. The van der Waals surface area contributed by atoms with Crippen molar-refractivity contribution in [1.82, 2.24) is 0 Å². The van der Waals surface area contributed by atoms with Crippen LogP contribution >= 0.6 is 12.6 Å². The van der Waals surface area contributed by atoms with Crippen LogP contribution in [0, 0.1) is 13.8 Å².